The summed E-state index contributed by atoms with van der Waals surface area (Å²) < 4.78 is 39.3. The third kappa shape index (κ3) is 6.11. The van der Waals surface area contributed by atoms with E-state index in [1.54, 1.807) is 7.05 Å². The second-order valence-electron chi connectivity index (χ2n) is 6.55. The van der Waals surface area contributed by atoms with E-state index in [9.17, 15) is 13.2 Å². The van der Waals surface area contributed by atoms with Crippen LogP contribution in [0.25, 0.3) is 0 Å². The van der Waals surface area contributed by atoms with Gasteiger partial charge in [-0.2, -0.15) is 13.2 Å². The molecule has 1 unspecified atom stereocenters. The first-order valence-corrected chi connectivity index (χ1v) is 8.57. The van der Waals surface area contributed by atoms with Crippen molar-refractivity contribution in [1.82, 2.24) is 19.7 Å². The quantitative estimate of drug-likeness (QED) is 0.631. The van der Waals surface area contributed by atoms with Crippen molar-refractivity contribution < 1.29 is 13.2 Å². The van der Waals surface area contributed by atoms with Gasteiger partial charge in [-0.05, 0) is 24.9 Å². The number of aliphatic imine (C=N–C) groups is 1. The first kappa shape index (κ1) is 19.9. The first-order valence-electron chi connectivity index (χ1n) is 8.19. The van der Waals surface area contributed by atoms with Crippen molar-refractivity contribution in [1.29, 1.82) is 0 Å². The lowest BCUT2D eigenvalue weighted by Crippen LogP contribution is -2.41. The molecule has 1 aromatic heterocycles. The fourth-order valence-corrected chi connectivity index (χ4v) is 3.41. The van der Waals surface area contributed by atoms with E-state index in [1.165, 1.54) is 4.90 Å². The van der Waals surface area contributed by atoms with E-state index in [4.69, 9.17) is 11.6 Å². The van der Waals surface area contributed by atoms with E-state index in [2.05, 4.69) is 10.3 Å². The van der Waals surface area contributed by atoms with Gasteiger partial charge in [0.15, 0.2) is 5.96 Å². The molecule has 2 rings (SSSR count). The first-order chi connectivity index (χ1) is 11.7. The maximum absolute atomic E-state index is 12.5. The van der Waals surface area contributed by atoms with Crippen molar-refractivity contribution in [3.05, 3.63) is 23.0 Å². The summed E-state index contributed by atoms with van der Waals surface area (Å²) in [5.74, 6) is 0.906. The molecule has 5 nitrogen and oxygen atoms in total. The largest absolute Gasteiger partial charge is 0.401 e. The highest BCUT2D eigenvalue weighted by atomic mass is 35.5. The monoisotopic (exact) mass is 379 g/mol. The SMILES string of the molecule is CN=C(NCC1CCN(CC(F)(F)F)C1)N(C)Cc1cc(Cl)cn1C. The van der Waals surface area contributed by atoms with Gasteiger partial charge in [-0.15, -0.1) is 0 Å². The highest BCUT2D eigenvalue weighted by molar-refractivity contribution is 6.30. The van der Waals surface area contributed by atoms with Crippen molar-refractivity contribution >= 4 is 17.6 Å². The molecule has 0 spiro atoms. The minimum absolute atomic E-state index is 0.192. The molecule has 9 heteroatoms. The molecule has 1 aromatic rings. The van der Waals surface area contributed by atoms with Crippen molar-refractivity contribution in [3.63, 3.8) is 0 Å². The molecule has 25 heavy (non-hydrogen) atoms. The van der Waals surface area contributed by atoms with Gasteiger partial charge in [-0.25, -0.2) is 0 Å². The van der Waals surface area contributed by atoms with E-state index >= 15 is 0 Å². The number of nitrogens with one attached hydrogen (secondary N) is 1. The van der Waals surface area contributed by atoms with Gasteiger partial charge in [0.25, 0.3) is 0 Å². The third-order valence-corrected chi connectivity index (χ3v) is 4.58. The van der Waals surface area contributed by atoms with Gasteiger partial charge in [0.05, 0.1) is 18.1 Å². The summed E-state index contributed by atoms with van der Waals surface area (Å²) >= 11 is 6.00. The van der Waals surface area contributed by atoms with Crippen LogP contribution in [0.15, 0.2) is 17.3 Å². The predicted octanol–water partition coefficient (Wildman–Crippen LogP) is 2.57. The average Bonchev–Trinajstić information content (AvgIpc) is 3.04. The van der Waals surface area contributed by atoms with Gasteiger partial charge < -0.3 is 14.8 Å². The highest BCUT2D eigenvalue weighted by Crippen LogP contribution is 2.22. The van der Waals surface area contributed by atoms with Crippen LogP contribution in [-0.2, 0) is 13.6 Å². The van der Waals surface area contributed by atoms with E-state index in [0.29, 0.717) is 37.2 Å². The van der Waals surface area contributed by atoms with Crippen LogP contribution in [0.4, 0.5) is 13.2 Å². The van der Waals surface area contributed by atoms with Crippen LogP contribution in [0.3, 0.4) is 0 Å². The molecule has 1 aliphatic heterocycles. The van der Waals surface area contributed by atoms with Crippen molar-refractivity contribution in [2.75, 3.05) is 40.3 Å². The molecule has 1 saturated heterocycles. The zero-order valence-electron chi connectivity index (χ0n) is 14.8. The Kier molecular flexibility index (Phi) is 6.62. The van der Waals surface area contributed by atoms with Crippen molar-refractivity contribution in [3.8, 4) is 0 Å². The third-order valence-electron chi connectivity index (χ3n) is 4.37. The zero-order valence-corrected chi connectivity index (χ0v) is 15.5. The summed E-state index contributed by atoms with van der Waals surface area (Å²) in [5, 5.41) is 3.95. The predicted molar refractivity (Wildman–Crippen MR) is 93.9 cm³/mol. The van der Waals surface area contributed by atoms with E-state index < -0.39 is 12.7 Å². The lowest BCUT2D eigenvalue weighted by atomic mass is 10.1. The zero-order chi connectivity index (χ0) is 18.6. The standard InChI is InChI=1S/C16H25ClF3N5/c1-21-15(24(3)10-14-6-13(17)9-23(14)2)22-7-12-4-5-25(8-12)11-16(18,19)20/h6,9,12H,4-5,7-8,10-11H2,1-3H3,(H,21,22). The molecular weight excluding hydrogens is 355 g/mol. The molecule has 0 aromatic carbocycles. The number of rotatable bonds is 5. The maximum Gasteiger partial charge on any atom is 0.401 e. The minimum atomic E-state index is -4.13. The Morgan fingerprint density at radius 2 is 2.20 bits per heavy atom. The van der Waals surface area contributed by atoms with E-state index in [0.717, 1.165) is 12.1 Å². The second kappa shape index (κ2) is 8.31. The van der Waals surface area contributed by atoms with Crippen LogP contribution < -0.4 is 5.32 Å². The maximum atomic E-state index is 12.5. The number of likely N-dealkylation sites (tertiary alicyclic amines) is 1. The fraction of sp³-hybridized carbons (Fsp3) is 0.688. The lowest BCUT2D eigenvalue weighted by molar-refractivity contribution is -0.143. The lowest BCUT2D eigenvalue weighted by Gasteiger charge is -2.24. The van der Waals surface area contributed by atoms with Crippen LogP contribution >= 0.6 is 11.6 Å². The summed E-state index contributed by atoms with van der Waals surface area (Å²) in [4.78, 5) is 7.69. The normalized spacial score (nSPS) is 19.5. The Morgan fingerprint density at radius 1 is 1.48 bits per heavy atom. The summed E-state index contributed by atoms with van der Waals surface area (Å²) in [6, 6.07) is 1.90. The Bertz CT molecular complexity index is 599. The average molecular weight is 380 g/mol. The number of nitrogens with zero attached hydrogens (tertiary/aromatic N) is 4. The van der Waals surface area contributed by atoms with Crippen LogP contribution in [0.5, 0.6) is 0 Å². The summed E-state index contributed by atoms with van der Waals surface area (Å²) in [6.07, 6.45) is -1.53. The van der Waals surface area contributed by atoms with E-state index in [-0.39, 0.29) is 5.92 Å². The molecule has 1 fully saturated rings. The fourth-order valence-electron chi connectivity index (χ4n) is 3.14. The van der Waals surface area contributed by atoms with Crippen LogP contribution in [0, 0.1) is 5.92 Å². The molecule has 0 bridgehead atoms. The molecule has 0 radical (unpaired) electrons. The number of hydrogen-bond donors (Lipinski definition) is 1. The molecule has 0 aliphatic carbocycles. The van der Waals surface area contributed by atoms with Crippen molar-refractivity contribution in [2.24, 2.45) is 18.0 Å². The van der Waals surface area contributed by atoms with Gasteiger partial charge in [0.1, 0.15) is 0 Å². The Balaban J connectivity index is 1.81. The Labute approximate surface area is 151 Å². The van der Waals surface area contributed by atoms with Gasteiger partial charge in [-0.3, -0.25) is 9.89 Å². The molecule has 2 heterocycles. The summed E-state index contributed by atoms with van der Waals surface area (Å²) in [7, 11) is 5.54. The van der Waals surface area contributed by atoms with Crippen LogP contribution in [0.1, 0.15) is 12.1 Å². The highest BCUT2D eigenvalue weighted by Gasteiger charge is 2.34. The Morgan fingerprint density at radius 3 is 2.76 bits per heavy atom. The summed E-state index contributed by atoms with van der Waals surface area (Å²) in [5.41, 5.74) is 1.05. The number of aromatic nitrogens is 1. The van der Waals surface area contributed by atoms with Crippen LogP contribution in [0.2, 0.25) is 5.02 Å². The molecule has 0 saturated carbocycles. The molecule has 1 aliphatic rings. The van der Waals surface area contributed by atoms with Crippen molar-refractivity contribution in [2.45, 2.75) is 19.1 Å². The number of alkyl halides is 3. The van der Waals surface area contributed by atoms with Gasteiger partial charge in [0, 0.05) is 46.1 Å². The number of guanidine groups is 1. The minimum Gasteiger partial charge on any atom is -0.356 e. The Hall–Kier alpha value is -1.41. The number of halogens is 4. The molecule has 0 amide bonds. The second-order valence-corrected chi connectivity index (χ2v) is 6.99. The molecule has 1 N–H and O–H groups in total. The van der Waals surface area contributed by atoms with Gasteiger partial charge >= 0.3 is 6.18 Å². The molecule has 1 atom stereocenters. The van der Waals surface area contributed by atoms with Crippen LogP contribution in [-0.4, -0.2) is 66.8 Å². The topological polar surface area (TPSA) is 35.8 Å². The molecule has 142 valence electrons. The molecular formula is C16H25ClF3N5. The smallest absolute Gasteiger partial charge is 0.356 e. The number of hydrogen-bond acceptors (Lipinski definition) is 2. The van der Waals surface area contributed by atoms with Gasteiger partial charge in [-0.1, -0.05) is 11.6 Å². The summed E-state index contributed by atoms with van der Waals surface area (Å²) in [6.45, 7) is 1.36. The number of aryl methyl sites for hydroxylation is 1. The van der Waals surface area contributed by atoms with Gasteiger partial charge in [0.2, 0.25) is 0 Å². The van der Waals surface area contributed by atoms with E-state index in [1.807, 2.05) is 35.8 Å².